The average Bonchev–Trinajstić information content (AvgIpc) is 3.25. The van der Waals surface area contributed by atoms with Crippen molar-refractivity contribution in [2.45, 2.75) is 58.5 Å². The van der Waals surface area contributed by atoms with Crippen LogP contribution in [-0.2, 0) is 11.2 Å². The molecule has 6 rings (SSSR count). The molecule has 5 heterocycles. The van der Waals surface area contributed by atoms with Crippen LogP contribution in [0.15, 0.2) is 30.6 Å². The van der Waals surface area contributed by atoms with Gasteiger partial charge < -0.3 is 14.2 Å². The van der Waals surface area contributed by atoms with Gasteiger partial charge in [0, 0.05) is 30.9 Å². The number of pyridine rings is 2. The van der Waals surface area contributed by atoms with Crippen molar-refractivity contribution in [1.29, 1.82) is 0 Å². The van der Waals surface area contributed by atoms with Crippen molar-refractivity contribution in [3.8, 4) is 17.3 Å². The zero-order valence-electron chi connectivity index (χ0n) is 23.3. The summed E-state index contributed by atoms with van der Waals surface area (Å²) in [7, 11) is 1.52. The molecule has 1 saturated heterocycles. The lowest BCUT2D eigenvalue weighted by molar-refractivity contribution is -0.122. The summed E-state index contributed by atoms with van der Waals surface area (Å²) in [5, 5.41) is 0. The van der Waals surface area contributed by atoms with Crippen LogP contribution in [0.1, 0.15) is 56.5 Å². The van der Waals surface area contributed by atoms with E-state index in [2.05, 4.69) is 48.2 Å². The number of methoxy groups -OCH3 is 1. The Balaban J connectivity index is 1.23. The SMILES string of the molecule is COc1nc(-c2nc(Cc3ccc(N4CCN(C5CCC5)CC4=O)cn3)ncc2F)cc2c1nc(C)n2C(C)C. The molecule has 2 fully saturated rings. The van der Waals surface area contributed by atoms with Gasteiger partial charge in [0.15, 0.2) is 11.3 Å². The largest absolute Gasteiger partial charge is 0.479 e. The predicted molar refractivity (Wildman–Crippen MR) is 149 cm³/mol. The summed E-state index contributed by atoms with van der Waals surface area (Å²) in [6, 6.07) is 6.27. The predicted octanol–water partition coefficient (Wildman–Crippen LogP) is 4.11. The highest BCUT2D eigenvalue weighted by Crippen LogP contribution is 2.32. The number of piperazine rings is 1. The van der Waals surface area contributed by atoms with E-state index in [1.54, 1.807) is 17.2 Å². The molecule has 0 N–H and O–H groups in total. The van der Waals surface area contributed by atoms with Gasteiger partial charge in [0.05, 0.1) is 49.4 Å². The molecular weight excluding hydrogens is 511 g/mol. The summed E-state index contributed by atoms with van der Waals surface area (Å²) in [5.41, 5.74) is 3.36. The van der Waals surface area contributed by atoms with E-state index in [0.717, 1.165) is 35.5 Å². The second-order valence-electron chi connectivity index (χ2n) is 10.8. The highest BCUT2D eigenvalue weighted by Gasteiger charge is 2.32. The normalized spacial score (nSPS) is 16.6. The van der Waals surface area contributed by atoms with Crippen molar-refractivity contribution in [2.75, 3.05) is 31.6 Å². The van der Waals surface area contributed by atoms with Crippen LogP contribution in [0.4, 0.5) is 10.1 Å². The molecule has 10 nitrogen and oxygen atoms in total. The minimum absolute atomic E-state index is 0.0888. The third-order valence-electron chi connectivity index (χ3n) is 7.87. The van der Waals surface area contributed by atoms with Crippen molar-refractivity contribution in [1.82, 2.24) is 34.4 Å². The van der Waals surface area contributed by atoms with E-state index < -0.39 is 5.82 Å². The molecule has 0 spiro atoms. The fourth-order valence-electron chi connectivity index (χ4n) is 5.64. The van der Waals surface area contributed by atoms with Gasteiger partial charge in [-0.1, -0.05) is 6.42 Å². The van der Waals surface area contributed by atoms with Gasteiger partial charge in [0.1, 0.15) is 17.3 Å². The smallest absolute Gasteiger partial charge is 0.242 e. The first kappa shape index (κ1) is 26.2. The van der Waals surface area contributed by atoms with E-state index in [-0.39, 0.29) is 17.6 Å². The molecule has 1 aliphatic carbocycles. The fourth-order valence-corrected chi connectivity index (χ4v) is 5.64. The summed E-state index contributed by atoms with van der Waals surface area (Å²) in [6.45, 7) is 8.05. The number of amides is 1. The molecule has 4 aromatic rings. The molecule has 0 atom stereocenters. The van der Waals surface area contributed by atoms with Crippen LogP contribution < -0.4 is 9.64 Å². The van der Waals surface area contributed by atoms with Crippen molar-refractivity contribution >= 4 is 22.6 Å². The van der Waals surface area contributed by atoms with E-state index in [0.29, 0.717) is 48.5 Å². The van der Waals surface area contributed by atoms with Crippen molar-refractivity contribution < 1.29 is 13.9 Å². The van der Waals surface area contributed by atoms with Gasteiger partial charge in [-0.3, -0.25) is 14.7 Å². The number of rotatable bonds is 7. The maximum absolute atomic E-state index is 15.0. The molecule has 1 aliphatic heterocycles. The maximum Gasteiger partial charge on any atom is 0.242 e. The third-order valence-corrected chi connectivity index (χ3v) is 7.87. The summed E-state index contributed by atoms with van der Waals surface area (Å²) in [6.07, 6.45) is 6.82. The number of nitrogens with zero attached hydrogens (tertiary/aromatic N) is 8. The van der Waals surface area contributed by atoms with Crippen LogP contribution in [0.3, 0.4) is 0 Å². The third kappa shape index (κ3) is 4.78. The molecule has 0 bridgehead atoms. The Kier molecular flexibility index (Phi) is 6.91. The van der Waals surface area contributed by atoms with Gasteiger partial charge >= 0.3 is 0 Å². The monoisotopic (exact) mass is 544 g/mol. The number of carbonyl (C=O) groups excluding carboxylic acids is 1. The Labute approximate surface area is 232 Å². The number of aromatic nitrogens is 6. The van der Waals surface area contributed by atoms with Crippen LogP contribution >= 0.6 is 0 Å². The summed E-state index contributed by atoms with van der Waals surface area (Å²) in [5.74, 6) is 1.08. The average molecular weight is 545 g/mol. The molecule has 2 aliphatic rings. The molecule has 11 heteroatoms. The van der Waals surface area contributed by atoms with Crippen molar-refractivity contribution in [3.05, 3.63) is 53.8 Å². The minimum atomic E-state index is -0.576. The van der Waals surface area contributed by atoms with Crippen LogP contribution in [0, 0.1) is 12.7 Å². The Hall–Kier alpha value is -3.99. The van der Waals surface area contributed by atoms with Crippen LogP contribution in [0.25, 0.3) is 22.4 Å². The maximum atomic E-state index is 15.0. The van der Waals surface area contributed by atoms with Crippen LogP contribution in [0.5, 0.6) is 5.88 Å². The van der Waals surface area contributed by atoms with Crippen LogP contribution in [-0.4, -0.2) is 73.1 Å². The second kappa shape index (κ2) is 10.5. The van der Waals surface area contributed by atoms with E-state index >= 15 is 4.39 Å². The number of hydrogen-bond acceptors (Lipinski definition) is 8. The lowest BCUT2D eigenvalue weighted by Gasteiger charge is -2.42. The van der Waals surface area contributed by atoms with Crippen LogP contribution in [0.2, 0.25) is 0 Å². The van der Waals surface area contributed by atoms with Gasteiger partial charge in [-0.15, -0.1) is 0 Å². The van der Waals surface area contributed by atoms with E-state index in [1.165, 1.54) is 26.4 Å². The Morgan fingerprint density at radius 2 is 1.93 bits per heavy atom. The Morgan fingerprint density at radius 3 is 2.58 bits per heavy atom. The molecule has 1 saturated carbocycles. The number of imidazole rings is 1. The topological polar surface area (TPSA) is 102 Å². The molecule has 1 amide bonds. The minimum Gasteiger partial charge on any atom is -0.479 e. The fraction of sp³-hybridized carbons (Fsp3) is 0.448. The summed E-state index contributed by atoms with van der Waals surface area (Å²) < 4.78 is 22.6. The van der Waals surface area contributed by atoms with Crippen molar-refractivity contribution in [3.63, 3.8) is 0 Å². The lowest BCUT2D eigenvalue weighted by Crippen LogP contribution is -2.55. The van der Waals surface area contributed by atoms with Gasteiger partial charge in [-0.05, 0) is 51.8 Å². The highest BCUT2D eigenvalue weighted by atomic mass is 19.1. The molecule has 0 aromatic carbocycles. The first-order chi connectivity index (χ1) is 19.3. The first-order valence-electron chi connectivity index (χ1n) is 13.8. The summed E-state index contributed by atoms with van der Waals surface area (Å²) in [4.78, 5) is 39.3. The Morgan fingerprint density at radius 1 is 1.10 bits per heavy atom. The molecule has 208 valence electrons. The van der Waals surface area contributed by atoms with Crippen molar-refractivity contribution in [2.24, 2.45) is 0 Å². The molecule has 40 heavy (non-hydrogen) atoms. The highest BCUT2D eigenvalue weighted by molar-refractivity contribution is 5.95. The zero-order chi connectivity index (χ0) is 28.0. The van der Waals surface area contributed by atoms with E-state index in [9.17, 15) is 4.79 Å². The second-order valence-corrected chi connectivity index (χ2v) is 10.8. The standard InChI is InChI=1S/C29H33FN8O2/c1-17(2)38-18(3)33-28-24(38)13-23(34-29(28)40-4)27-22(30)15-32-25(35-27)12-19-8-9-21(14-31-19)37-11-10-36(16-26(37)39)20-6-5-7-20/h8-9,13-15,17,20H,5-7,10-12,16H2,1-4H3. The number of hydrogen-bond donors (Lipinski definition) is 0. The first-order valence-corrected chi connectivity index (χ1v) is 13.8. The van der Waals surface area contributed by atoms with E-state index in [4.69, 9.17) is 4.74 Å². The molecule has 4 aromatic heterocycles. The molecular formula is C29H33FN8O2. The van der Waals surface area contributed by atoms with Gasteiger partial charge in [-0.2, -0.15) is 0 Å². The summed E-state index contributed by atoms with van der Waals surface area (Å²) >= 11 is 0. The Bertz CT molecular complexity index is 1560. The number of halogens is 1. The number of aryl methyl sites for hydroxylation is 1. The number of ether oxygens (including phenoxy) is 1. The van der Waals surface area contributed by atoms with Gasteiger partial charge in [0.2, 0.25) is 11.8 Å². The lowest BCUT2D eigenvalue weighted by atomic mass is 9.91. The zero-order valence-corrected chi connectivity index (χ0v) is 23.3. The number of carbonyl (C=O) groups is 1. The quantitative estimate of drug-likeness (QED) is 0.343. The molecule has 0 radical (unpaired) electrons. The van der Waals surface area contributed by atoms with Gasteiger partial charge in [0.25, 0.3) is 0 Å². The van der Waals surface area contributed by atoms with E-state index in [1.807, 2.05) is 19.1 Å². The van der Waals surface area contributed by atoms with Gasteiger partial charge in [-0.25, -0.2) is 24.3 Å². The number of anilines is 1. The molecule has 0 unspecified atom stereocenters. The number of fused-ring (bicyclic) bond motifs is 1.